The molecule has 3 rings (SSSR count). The van der Waals surface area contributed by atoms with Crippen LogP contribution in [0.1, 0.15) is 0 Å². The average Bonchev–Trinajstić information content (AvgIpc) is 3.22. The van der Waals surface area contributed by atoms with Gasteiger partial charge in [0.25, 0.3) is 11.6 Å². The summed E-state index contributed by atoms with van der Waals surface area (Å²) in [6.07, 6.45) is 2.67. The zero-order valence-corrected chi connectivity index (χ0v) is 14.3. The Bertz CT molecular complexity index is 1050. The van der Waals surface area contributed by atoms with Crippen LogP contribution in [-0.2, 0) is 27.4 Å². The summed E-state index contributed by atoms with van der Waals surface area (Å²) in [6, 6.07) is 4.20. The molecule has 0 N–H and O–H groups in total. The molecule has 0 aliphatic rings. The highest BCUT2D eigenvalue weighted by atomic mass is 32.1. The number of benzene rings is 1. The van der Waals surface area contributed by atoms with E-state index in [1.165, 1.54) is 47.2 Å². The van der Waals surface area contributed by atoms with Crippen molar-refractivity contribution in [3.63, 3.8) is 0 Å². The van der Waals surface area contributed by atoms with Crippen molar-refractivity contribution in [1.29, 1.82) is 0 Å². The average molecular weight is 376 g/mol. The summed E-state index contributed by atoms with van der Waals surface area (Å²) in [5, 5.41) is 14.8. The molecule has 11 nitrogen and oxygen atoms in total. The summed E-state index contributed by atoms with van der Waals surface area (Å²) >= 11 is 1.07. The van der Waals surface area contributed by atoms with E-state index in [4.69, 9.17) is 0 Å². The lowest BCUT2D eigenvalue weighted by Gasteiger charge is -2.03. The van der Waals surface area contributed by atoms with E-state index in [0.717, 1.165) is 11.3 Å². The summed E-state index contributed by atoms with van der Waals surface area (Å²) < 4.78 is 7.99. The van der Waals surface area contributed by atoms with E-state index < -0.39 is 16.8 Å². The van der Waals surface area contributed by atoms with Crippen molar-refractivity contribution in [3.05, 3.63) is 45.8 Å². The number of non-ortho nitro benzene ring substituents is 1. The number of methoxy groups -OCH3 is 1. The normalized spacial score (nSPS) is 11.7. The van der Waals surface area contributed by atoms with E-state index >= 15 is 0 Å². The topological polar surface area (TPSA) is 135 Å². The lowest BCUT2D eigenvalue weighted by Crippen LogP contribution is -2.23. The SMILES string of the molecule is COC(=O)Cn1c(=NC(=O)Cn2cncn2)sc2cc([N+](=O)[O-])ccc21. The maximum Gasteiger partial charge on any atom is 0.325 e. The number of amides is 1. The summed E-state index contributed by atoms with van der Waals surface area (Å²) in [5.74, 6) is -1.04. The van der Waals surface area contributed by atoms with Crippen LogP contribution in [0.4, 0.5) is 5.69 Å². The van der Waals surface area contributed by atoms with Crippen molar-refractivity contribution in [2.75, 3.05) is 7.11 Å². The van der Waals surface area contributed by atoms with Gasteiger partial charge in [0.1, 0.15) is 25.7 Å². The minimum absolute atomic E-state index is 0.0931. The Kier molecular flexibility index (Phi) is 4.84. The number of rotatable bonds is 5. The van der Waals surface area contributed by atoms with Gasteiger partial charge in [0.2, 0.25) is 0 Å². The molecule has 26 heavy (non-hydrogen) atoms. The Balaban J connectivity index is 2.07. The van der Waals surface area contributed by atoms with Crippen LogP contribution in [0.5, 0.6) is 0 Å². The van der Waals surface area contributed by atoms with Crippen molar-refractivity contribution >= 4 is 39.1 Å². The first kappa shape index (κ1) is 17.4. The summed E-state index contributed by atoms with van der Waals surface area (Å²) in [5.41, 5.74) is 0.447. The minimum Gasteiger partial charge on any atom is -0.468 e. The third kappa shape index (κ3) is 3.64. The number of aromatic nitrogens is 4. The van der Waals surface area contributed by atoms with Crippen molar-refractivity contribution < 1.29 is 19.2 Å². The molecule has 0 radical (unpaired) electrons. The van der Waals surface area contributed by atoms with Crippen LogP contribution in [0, 0.1) is 10.1 Å². The number of ether oxygens (including phenoxy) is 1. The van der Waals surface area contributed by atoms with Crippen molar-refractivity contribution in [3.8, 4) is 0 Å². The minimum atomic E-state index is -0.534. The van der Waals surface area contributed by atoms with Gasteiger partial charge in [-0.15, -0.1) is 0 Å². The van der Waals surface area contributed by atoms with Gasteiger partial charge in [-0.25, -0.2) is 9.67 Å². The molecule has 0 unspecified atom stereocenters. The molecule has 134 valence electrons. The number of carbonyl (C=O) groups excluding carboxylic acids is 2. The molecule has 0 fully saturated rings. The van der Waals surface area contributed by atoms with Gasteiger partial charge >= 0.3 is 5.97 Å². The van der Waals surface area contributed by atoms with Crippen LogP contribution in [0.3, 0.4) is 0 Å². The van der Waals surface area contributed by atoms with Gasteiger partial charge in [-0.05, 0) is 6.07 Å². The predicted octanol–water partition coefficient (Wildman–Crippen LogP) is 0.503. The second-order valence-electron chi connectivity index (χ2n) is 5.05. The number of carbonyl (C=O) groups is 2. The molecule has 2 heterocycles. The van der Waals surface area contributed by atoms with Gasteiger partial charge in [-0.3, -0.25) is 19.7 Å². The van der Waals surface area contributed by atoms with Gasteiger partial charge in [-0.2, -0.15) is 10.1 Å². The Labute approximate surface area is 149 Å². The smallest absolute Gasteiger partial charge is 0.325 e. The monoisotopic (exact) mass is 376 g/mol. The van der Waals surface area contributed by atoms with Gasteiger partial charge in [0.05, 0.1) is 22.2 Å². The zero-order chi connectivity index (χ0) is 18.7. The molecule has 1 amide bonds. The van der Waals surface area contributed by atoms with Crippen molar-refractivity contribution in [2.24, 2.45) is 4.99 Å². The van der Waals surface area contributed by atoms with Crippen LogP contribution in [0.2, 0.25) is 0 Å². The van der Waals surface area contributed by atoms with Crippen molar-refractivity contribution in [2.45, 2.75) is 13.1 Å². The number of nitrogens with zero attached hydrogens (tertiary/aromatic N) is 6. The number of nitro groups is 1. The quantitative estimate of drug-likeness (QED) is 0.359. The van der Waals surface area contributed by atoms with E-state index in [1.807, 2.05) is 0 Å². The van der Waals surface area contributed by atoms with E-state index in [2.05, 4.69) is 19.8 Å². The molecule has 0 bridgehead atoms. The number of hydrogen-bond donors (Lipinski definition) is 0. The first-order chi connectivity index (χ1) is 12.5. The molecule has 1 aromatic carbocycles. The number of nitro benzene ring substituents is 1. The third-order valence-corrected chi connectivity index (χ3v) is 4.42. The molecule has 2 aromatic heterocycles. The summed E-state index contributed by atoms with van der Waals surface area (Å²) in [7, 11) is 1.25. The van der Waals surface area contributed by atoms with Gasteiger partial charge in [-0.1, -0.05) is 11.3 Å². The Hall–Kier alpha value is -3.41. The highest BCUT2D eigenvalue weighted by molar-refractivity contribution is 7.16. The van der Waals surface area contributed by atoms with Crippen LogP contribution < -0.4 is 4.80 Å². The zero-order valence-electron chi connectivity index (χ0n) is 13.4. The van der Waals surface area contributed by atoms with Crippen LogP contribution in [0.15, 0.2) is 35.8 Å². The van der Waals surface area contributed by atoms with E-state index in [0.29, 0.717) is 10.2 Å². The predicted molar refractivity (Wildman–Crippen MR) is 89.1 cm³/mol. The van der Waals surface area contributed by atoms with Gasteiger partial charge < -0.3 is 9.30 Å². The van der Waals surface area contributed by atoms with E-state index in [9.17, 15) is 19.7 Å². The maximum atomic E-state index is 12.2. The number of hydrogen-bond acceptors (Lipinski definition) is 8. The lowest BCUT2D eigenvalue weighted by atomic mass is 10.3. The Morgan fingerprint density at radius 2 is 2.19 bits per heavy atom. The molecule has 0 atom stereocenters. The van der Waals surface area contributed by atoms with Crippen LogP contribution >= 0.6 is 11.3 Å². The highest BCUT2D eigenvalue weighted by Gasteiger charge is 2.15. The second-order valence-corrected chi connectivity index (χ2v) is 6.06. The van der Waals surface area contributed by atoms with Crippen molar-refractivity contribution in [1.82, 2.24) is 19.3 Å². The Morgan fingerprint density at radius 3 is 2.85 bits per heavy atom. The maximum absolute atomic E-state index is 12.2. The standard InChI is InChI=1S/C14H12N6O5S/c1-25-13(22)6-19-10-3-2-9(20(23)24)4-11(10)26-14(19)17-12(21)5-18-8-15-7-16-18/h2-4,7-8H,5-6H2,1H3. The fraction of sp³-hybridized carbons (Fsp3) is 0.214. The molecular formula is C14H12N6O5S. The Morgan fingerprint density at radius 1 is 1.38 bits per heavy atom. The fourth-order valence-corrected chi connectivity index (χ4v) is 3.28. The third-order valence-electron chi connectivity index (χ3n) is 3.38. The van der Waals surface area contributed by atoms with E-state index in [1.54, 1.807) is 0 Å². The first-order valence-corrected chi connectivity index (χ1v) is 8.04. The highest BCUT2D eigenvalue weighted by Crippen LogP contribution is 2.23. The molecule has 3 aromatic rings. The van der Waals surface area contributed by atoms with Crippen LogP contribution in [-0.4, -0.2) is 43.2 Å². The molecule has 0 spiro atoms. The second kappa shape index (κ2) is 7.23. The largest absolute Gasteiger partial charge is 0.468 e. The summed E-state index contributed by atoms with van der Waals surface area (Å²) in [4.78, 5) is 42.3. The van der Waals surface area contributed by atoms with E-state index in [-0.39, 0.29) is 23.6 Å². The number of fused-ring (bicyclic) bond motifs is 1. The molecule has 0 aliphatic carbocycles. The van der Waals surface area contributed by atoms with Gasteiger partial charge in [0.15, 0.2) is 4.80 Å². The summed E-state index contributed by atoms with van der Waals surface area (Å²) in [6.45, 7) is -0.295. The number of thiazole rings is 1. The first-order valence-electron chi connectivity index (χ1n) is 7.22. The number of esters is 1. The molecule has 0 saturated heterocycles. The molecule has 12 heteroatoms. The molecular weight excluding hydrogens is 364 g/mol. The molecule has 0 saturated carbocycles. The lowest BCUT2D eigenvalue weighted by molar-refractivity contribution is -0.384. The molecule has 0 aliphatic heterocycles. The fourth-order valence-electron chi connectivity index (χ4n) is 2.20. The van der Waals surface area contributed by atoms with Crippen LogP contribution in [0.25, 0.3) is 10.2 Å². The van der Waals surface area contributed by atoms with Gasteiger partial charge in [0, 0.05) is 12.1 Å².